The summed E-state index contributed by atoms with van der Waals surface area (Å²) in [5.41, 5.74) is 0. The number of hydrogen-bond donors (Lipinski definition) is 2. The molecule has 5 heteroatoms. The van der Waals surface area contributed by atoms with Gasteiger partial charge in [0, 0.05) is 25.7 Å². The Morgan fingerprint density at radius 1 is 1.50 bits per heavy atom. The highest BCUT2D eigenvalue weighted by Crippen LogP contribution is 2.09. The maximum atomic E-state index is 10.8. The van der Waals surface area contributed by atoms with Crippen molar-refractivity contribution in [1.82, 2.24) is 15.5 Å². The van der Waals surface area contributed by atoms with Gasteiger partial charge in [-0.1, -0.05) is 6.92 Å². The molecule has 2 fully saturated rings. The number of carbonyl (C=O) groups is 1. The maximum Gasteiger partial charge on any atom is 0.407 e. The lowest BCUT2D eigenvalue weighted by atomic mass is 10.1. The van der Waals surface area contributed by atoms with Crippen LogP contribution >= 0.6 is 0 Å². The lowest BCUT2D eigenvalue weighted by Crippen LogP contribution is -2.58. The van der Waals surface area contributed by atoms with Gasteiger partial charge in [0.25, 0.3) is 0 Å². The van der Waals surface area contributed by atoms with Crippen LogP contribution in [0, 0.1) is 0 Å². The minimum atomic E-state index is -0.280. The van der Waals surface area contributed by atoms with Gasteiger partial charge in [0.1, 0.15) is 6.10 Å². The van der Waals surface area contributed by atoms with Crippen molar-refractivity contribution < 1.29 is 9.53 Å². The number of amides is 1. The van der Waals surface area contributed by atoms with Gasteiger partial charge in [-0.3, -0.25) is 4.90 Å². The molecule has 14 heavy (non-hydrogen) atoms. The van der Waals surface area contributed by atoms with E-state index in [0.717, 1.165) is 26.2 Å². The Hall–Kier alpha value is -0.810. The van der Waals surface area contributed by atoms with Crippen LogP contribution in [0.2, 0.25) is 0 Å². The molecule has 2 N–H and O–H groups in total. The van der Waals surface area contributed by atoms with Gasteiger partial charge < -0.3 is 15.4 Å². The van der Waals surface area contributed by atoms with Crippen LogP contribution in [0.25, 0.3) is 0 Å². The van der Waals surface area contributed by atoms with Gasteiger partial charge in [0.05, 0.1) is 6.54 Å². The molecular formula is C9H17N3O2. The second kappa shape index (κ2) is 4.14. The molecule has 5 nitrogen and oxygen atoms in total. The first-order valence-electron chi connectivity index (χ1n) is 5.19. The molecule has 2 rings (SSSR count). The van der Waals surface area contributed by atoms with Crippen LogP contribution in [-0.4, -0.2) is 55.9 Å². The molecule has 2 saturated heterocycles. The van der Waals surface area contributed by atoms with Crippen molar-refractivity contribution in [3.63, 3.8) is 0 Å². The zero-order chi connectivity index (χ0) is 9.97. The van der Waals surface area contributed by atoms with Crippen LogP contribution < -0.4 is 10.6 Å². The van der Waals surface area contributed by atoms with Gasteiger partial charge in [-0.2, -0.15) is 0 Å². The third kappa shape index (κ3) is 1.99. The quantitative estimate of drug-likeness (QED) is 0.634. The summed E-state index contributed by atoms with van der Waals surface area (Å²) in [6, 6.07) is 0.624. The fourth-order valence-corrected chi connectivity index (χ4v) is 1.86. The van der Waals surface area contributed by atoms with E-state index >= 15 is 0 Å². The standard InChI is InChI=1S/C9H17N3O2/c1-2-12(7-3-10-4-7)6-8-5-11-9(13)14-8/h7-8,10H,2-6H2,1H3,(H,11,13). The number of ether oxygens (including phenoxy) is 1. The van der Waals surface area contributed by atoms with Crippen LogP contribution in [0.15, 0.2) is 0 Å². The molecule has 0 bridgehead atoms. The van der Waals surface area contributed by atoms with Gasteiger partial charge in [0.15, 0.2) is 0 Å². The van der Waals surface area contributed by atoms with Crippen molar-refractivity contribution >= 4 is 6.09 Å². The zero-order valence-electron chi connectivity index (χ0n) is 8.45. The molecule has 2 aliphatic heterocycles. The third-order valence-corrected chi connectivity index (χ3v) is 2.87. The van der Waals surface area contributed by atoms with Crippen LogP contribution in [0.1, 0.15) is 6.92 Å². The molecule has 0 aromatic rings. The first kappa shape index (κ1) is 9.73. The number of hydrogen-bond acceptors (Lipinski definition) is 4. The molecule has 2 heterocycles. The first-order valence-corrected chi connectivity index (χ1v) is 5.19. The summed E-state index contributed by atoms with van der Waals surface area (Å²) in [6.07, 6.45) is -0.249. The minimum absolute atomic E-state index is 0.0306. The van der Waals surface area contributed by atoms with Gasteiger partial charge in [0.2, 0.25) is 0 Å². The van der Waals surface area contributed by atoms with E-state index in [1.165, 1.54) is 0 Å². The lowest BCUT2D eigenvalue weighted by Gasteiger charge is -2.38. The Balaban J connectivity index is 1.78. The second-order valence-corrected chi connectivity index (χ2v) is 3.81. The number of cyclic esters (lactones) is 1. The molecule has 1 amide bonds. The average Bonchev–Trinajstić information content (AvgIpc) is 2.47. The first-order chi connectivity index (χ1) is 6.79. The molecule has 2 aliphatic rings. The second-order valence-electron chi connectivity index (χ2n) is 3.81. The Morgan fingerprint density at radius 2 is 2.29 bits per heavy atom. The zero-order valence-corrected chi connectivity index (χ0v) is 8.45. The Labute approximate surface area is 83.8 Å². The van der Waals surface area contributed by atoms with Crippen LogP contribution in [0.5, 0.6) is 0 Å². The van der Waals surface area contributed by atoms with E-state index in [-0.39, 0.29) is 12.2 Å². The molecule has 1 atom stereocenters. The molecule has 1 unspecified atom stereocenters. The van der Waals surface area contributed by atoms with E-state index in [9.17, 15) is 4.79 Å². The van der Waals surface area contributed by atoms with E-state index in [0.29, 0.717) is 12.6 Å². The summed E-state index contributed by atoms with van der Waals surface area (Å²) in [5.74, 6) is 0. The predicted octanol–water partition coefficient (Wildman–Crippen LogP) is -0.611. The fourth-order valence-electron chi connectivity index (χ4n) is 1.86. The smallest absolute Gasteiger partial charge is 0.407 e. The Kier molecular flexibility index (Phi) is 2.88. The number of rotatable bonds is 4. The summed E-state index contributed by atoms with van der Waals surface area (Å²) in [5, 5.41) is 5.92. The van der Waals surface area contributed by atoms with Gasteiger partial charge >= 0.3 is 6.09 Å². The Morgan fingerprint density at radius 3 is 2.71 bits per heavy atom. The van der Waals surface area contributed by atoms with E-state index < -0.39 is 0 Å². The molecule has 0 radical (unpaired) electrons. The normalized spacial score (nSPS) is 27.3. The van der Waals surface area contributed by atoms with Crippen LogP contribution in [-0.2, 0) is 4.74 Å². The molecule has 0 aliphatic carbocycles. The number of likely N-dealkylation sites (N-methyl/N-ethyl adjacent to an activating group) is 1. The summed E-state index contributed by atoms with van der Waals surface area (Å²) in [7, 11) is 0. The predicted molar refractivity (Wildman–Crippen MR) is 52.2 cm³/mol. The summed E-state index contributed by atoms with van der Waals surface area (Å²) < 4.78 is 5.10. The highest BCUT2D eigenvalue weighted by Gasteiger charge is 2.29. The van der Waals surface area contributed by atoms with Crippen molar-refractivity contribution in [2.75, 3.05) is 32.7 Å². The monoisotopic (exact) mass is 199 g/mol. The highest BCUT2D eigenvalue weighted by atomic mass is 16.6. The van der Waals surface area contributed by atoms with E-state index in [4.69, 9.17) is 4.74 Å². The fraction of sp³-hybridized carbons (Fsp3) is 0.889. The largest absolute Gasteiger partial charge is 0.443 e. The number of nitrogens with zero attached hydrogens (tertiary/aromatic N) is 1. The highest BCUT2D eigenvalue weighted by molar-refractivity contribution is 5.69. The minimum Gasteiger partial charge on any atom is -0.443 e. The van der Waals surface area contributed by atoms with Crippen molar-refractivity contribution in [1.29, 1.82) is 0 Å². The van der Waals surface area contributed by atoms with Crippen LogP contribution in [0.3, 0.4) is 0 Å². The molecular weight excluding hydrogens is 182 g/mol. The number of nitrogens with one attached hydrogen (secondary N) is 2. The molecule has 80 valence electrons. The van der Waals surface area contributed by atoms with Crippen molar-refractivity contribution in [3.8, 4) is 0 Å². The van der Waals surface area contributed by atoms with Gasteiger partial charge in [-0.05, 0) is 6.54 Å². The topological polar surface area (TPSA) is 53.6 Å². The number of carbonyl (C=O) groups excluding carboxylic acids is 1. The summed E-state index contributed by atoms with van der Waals surface area (Å²) >= 11 is 0. The average molecular weight is 199 g/mol. The molecule has 0 aromatic heterocycles. The lowest BCUT2D eigenvalue weighted by molar-refractivity contribution is 0.0766. The molecule has 0 spiro atoms. The molecule has 0 saturated carbocycles. The third-order valence-electron chi connectivity index (χ3n) is 2.87. The summed E-state index contributed by atoms with van der Waals surface area (Å²) in [6.45, 7) is 6.77. The summed E-state index contributed by atoms with van der Waals surface area (Å²) in [4.78, 5) is 13.2. The molecule has 0 aromatic carbocycles. The SMILES string of the molecule is CCN(CC1CNC(=O)O1)C1CNC1. The van der Waals surface area contributed by atoms with Crippen molar-refractivity contribution in [3.05, 3.63) is 0 Å². The van der Waals surface area contributed by atoms with Gasteiger partial charge in [-0.25, -0.2) is 4.79 Å². The van der Waals surface area contributed by atoms with Crippen molar-refractivity contribution in [2.45, 2.75) is 19.1 Å². The van der Waals surface area contributed by atoms with E-state index in [2.05, 4.69) is 22.5 Å². The van der Waals surface area contributed by atoms with Crippen molar-refractivity contribution in [2.24, 2.45) is 0 Å². The maximum absolute atomic E-state index is 10.8. The van der Waals surface area contributed by atoms with E-state index in [1.807, 2.05) is 0 Å². The van der Waals surface area contributed by atoms with E-state index in [1.54, 1.807) is 0 Å². The number of alkyl carbamates (subject to hydrolysis) is 1. The van der Waals surface area contributed by atoms with Gasteiger partial charge in [-0.15, -0.1) is 0 Å². The van der Waals surface area contributed by atoms with Crippen LogP contribution in [0.4, 0.5) is 4.79 Å². The Bertz CT molecular complexity index is 218.